The molecule has 2 rings (SSSR count). The van der Waals surface area contributed by atoms with Crippen LogP contribution in [0.3, 0.4) is 0 Å². The lowest BCUT2D eigenvalue weighted by Gasteiger charge is -2.44. The molecule has 0 saturated carbocycles. The van der Waals surface area contributed by atoms with Gasteiger partial charge in [0, 0.05) is 12.6 Å². The van der Waals surface area contributed by atoms with Gasteiger partial charge in [0.05, 0.1) is 5.60 Å². The maximum atomic E-state index is 10.7. The summed E-state index contributed by atoms with van der Waals surface area (Å²) in [6.45, 7) is 5.06. The van der Waals surface area contributed by atoms with Crippen LogP contribution in [-0.4, -0.2) is 41.3 Å². The van der Waals surface area contributed by atoms with Crippen LogP contribution in [0.2, 0.25) is 0 Å². The third kappa shape index (κ3) is 2.05. The number of hydrogen-bond acceptors (Lipinski definition) is 3. The molecule has 3 unspecified atom stereocenters. The van der Waals surface area contributed by atoms with Crippen LogP contribution in [0.25, 0.3) is 0 Å². The van der Waals surface area contributed by atoms with Crippen LogP contribution >= 0.6 is 0 Å². The monoisotopic (exact) mass is 212 g/mol. The summed E-state index contributed by atoms with van der Waals surface area (Å²) >= 11 is 0. The largest absolute Gasteiger partial charge is 0.389 e. The molecule has 0 bridgehead atoms. The third-order valence-corrected chi connectivity index (χ3v) is 4.46. The lowest BCUT2D eigenvalue weighted by Crippen LogP contribution is -2.53. The molecular formula is C12H24N2O. The molecule has 3 N–H and O–H groups in total. The van der Waals surface area contributed by atoms with Crippen LogP contribution in [0, 0.1) is 5.92 Å². The molecule has 3 atom stereocenters. The average Bonchev–Trinajstić information content (AvgIpc) is 2.66. The van der Waals surface area contributed by atoms with Gasteiger partial charge >= 0.3 is 0 Å². The summed E-state index contributed by atoms with van der Waals surface area (Å²) in [7, 11) is 0. The molecule has 15 heavy (non-hydrogen) atoms. The van der Waals surface area contributed by atoms with Crippen LogP contribution in [0.15, 0.2) is 0 Å². The minimum atomic E-state index is -0.477. The highest BCUT2D eigenvalue weighted by molar-refractivity contribution is 4.98. The van der Waals surface area contributed by atoms with E-state index in [-0.39, 0.29) is 0 Å². The molecule has 2 fully saturated rings. The second kappa shape index (κ2) is 4.40. The van der Waals surface area contributed by atoms with E-state index in [0.29, 0.717) is 18.5 Å². The second-order valence-electron chi connectivity index (χ2n) is 5.23. The first-order chi connectivity index (χ1) is 7.19. The molecule has 0 aromatic carbocycles. The highest BCUT2D eigenvalue weighted by atomic mass is 16.3. The van der Waals surface area contributed by atoms with Gasteiger partial charge in [0.25, 0.3) is 0 Å². The van der Waals surface area contributed by atoms with Gasteiger partial charge in [0.2, 0.25) is 0 Å². The van der Waals surface area contributed by atoms with Crippen molar-refractivity contribution in [2.45, 2.75) is 50.7 Å². The smallest absolute Gasteiger partial charge is 0.0714 e. The topological polar surface area (TPSA) is 49.5 Å². The molecule has 2 aliphatic rings. The summed E-state index contributed by atoms with van der Waals surface area (Å²) < 4.78 is 0. The highest BCUT2D eigenvalue weighted by Crippen LogP contribution is 2.38. The summed E-state index contributed by atoms with van der Waals surface area (Å²) in [5, 5.41) is 10.7. The molecule has 0 spiro atoms. The van der Waals surface area contributed by atoms with Gasteiger partial charge in [-0.25, -0.2) is 0 Å². The number of hydrogen-bond donors (Lipinski definition) is 2. The molecule has 0 aliphatic carbocycles. The Morgan fingerprint density at radius 2 is 2.33 bits per heavy atom. The predicted octanol–water partition coefficient (Wildman–Crippen LogP) is 0.961. The van der Waals surface area contributed by atoms with Crippen molar-refractivity contribution >= 4 is 0 Å². The van der Waals surface area contributed by atoms with E-state index in [9.17, 15) is 5.11 Å². The van der Waals surface area contributed by atoms with Crippen molar-refractivity contribution in [1.82, 2.24) is 4.90 Å². The molecule has 3 nitrogen and oxygen atoms in total. The van der Waals surface area contributed by atoms with Gasteiger partial charge in [-0.05, 0) is 51.1 Å². The summed E-state index contributed by atoms with van der Waals surface area (Å²) in [4.78, 5) is 2.54. The van der Waals surface area contributed by atoms with Gasteiger partial charge in [-0.1, -0.05) is 6.92 Å². The Morgan fingerprint density at radius 1 is 1.53 bits per heavy atom. The van der Waals surface area contributed by atoms with Crippen molar-refractivity contribution in [1.29, 1.82) is 0 Å². The van der Waals surface area contributed by atoms with Gasteiger partial charge in [-0.15, -0.1) is 0 Å². The molecule has 0 radical (unpaired) electrons. The Kier molecular flexibility index (Phi) is 3.33. The quantitative estimate of drug-likeness (QED) is 0.732. The van der Waals surface area contributed by atoms with Crippen LogP contribution in [-0.2, 0) is 0 Å². The van der Waals surface area contributed by atoms with Crippen molar-refractivity contribution < 1.29 is 5.11 Å². The first kappa shape index (κ1) is 11.4. The first-order valence-corrected chi connectivity index (χ1v) is 6.36. The summed E-state index contributed by atoms with van der Waals surface area (Å²) in [5.74, 6) is 0.292. The number of nitrogens with zero attached hydrogens (tertiary/aromatic N) is 1. The number of fused-ring (bicyclic) bond motifs is 1. The van der Waals surface area contributed by atoms with Crippen molar-refractivity contribution in [3.05, 3.63) is 0 Å². The van der Waals surface area contributed by atoms with E-state index in [1.54, 1.807) is 0 Å². The van der Waals surface area contributed by atoms with E-state index in [1.807, 2.05) is 0 Å². The number of piperidine rings is 1. The van der Waals surface area contributed by atoms with Gasteiger partial charge in [-0.3, -0.25) is 0 Å². The van der Waals surface area contributed by atoms with Crippen molar-refractivity contribution in [2.75, 3.05) is 19.6 Å². The van der Waals surface area contributed by atoms with E-state index < -0.39 is 5.60 Å². The van der Waals surface area contributed by atoms with Crippen LogP contribution in [0.5, 0.6) is 0 Å². The summed E-state index contributed by atoms with van der Waals surface area (Å²) in [6, 6.07) is 0.629. The minimum absolute atomic E-state index is 0.292. The fraction of sp³-hybridized carbons (Fsp3) is 1.00. The molecule has 88 valence electrons. The normalized spacial score (nSPS) is 39.0. The molecule has 2 saturated heterocycles. The van der Waals surface area contributed by atoms with E-state index >= 15 is 0 Å². The number of nitrogens with two attached hydrogens (primary N) is 1. The SMILES string of the molecule is CCC(CN)C1(O)CCN2CCCC2C1. The lowest BCUT2D eigenvalue weighted by atomic mass is 9.75. The van der Waals surface area contributed by atoms with Crippen LogP contribution in [0.1, 0.15) is 39.0 Å². The molecular weight excluding hydrogens is 188 g/mol. The summed E-state index contributed by atoms with van der Waals surface area (Å²) in [6.07, 6.45) is 5.44. The Labute approximate surface area is 92.6 Å². The highest BCUT2D eigenvalue weighted by Gasteiger charge is 2.43. The first-order valence-electron chi connectivity index (χ1n) is 6.36. The van der Waals surface area contributed by atoms with E-state index in [2.05, 4.69) is 11.8 Å². The second-order valence-corrected chi connectivity index (χ2v) is 5.23. The zero-order chi connectivity index (χ0) is 10.9. The van der Waals surface area contributed by atoms with Crippen molar-refractivity contribution in [3.63, 3.8) is 0 Å². The van der Waals surface area contributed by atoms with E-state index in [4.69, 9.17) is 5.73 Å². The van der Waals surface area contributed by atoms with Crippen LogP contribution < -0.4 is 5.73 Å². The maximum Gasteiger partial charge on any atom is 0.0714 e. The molecule has 0 aromatic heterocycles. The predicted molar refractivity (Wildman–Crippen MR) is 61.6 cm³/mol. The fourth-order valence-electron chi connectivity index (χ4n) is 3.40. The molecule has 3 heteroatoms. The average molecular weight is 212 g/mol. The Hall–Kier alpha value is -0.120. The Balaban J connectivity index is 2.03. The van der Waals surface area contributed by atoms with E-state index in [1.165, 1.54) is 19.4 Å². The third-order valence-electron chi connectivity index (χ3n) is 4.46. The van der Waals surface area contributed by atoms with Crippen molar-refractivity contribution in [3.8, 4) is 0 Å². The van der Waals surface area contributed by atoms with Crippen LogP contribution in [0.4, 0.5) is 0 Å². The van der Waals surface area contributed by atoms with Gasteiger partial charge in [0.1, 0.15) is 0 Å². The molecule has 2 heterocycles. The van der Waals surface area contributed by atoms with E-state index in [0.717, 1.165) is 25.8 Å². The number of aliphatic hydroxyl groups is 1. The van der Waals surface area contributed by atoms with Gasteiger partial charge in [0.15, 0.2) is 0 Å². The standard InChI is InChI=1S/C12H24N2O/c1-2-10(9-13)12(15)5-7-14-6-3-4-11(14)8-12/h10-11,15H,2-9,13H2,1H3. The molecule has 0 amide bonds. The molecule has 2 aliphatic heterocycles. The minimum Gasteiger partial charge on any atom is -0.389 e. The Bertz CT molecular complexity index is 218. The number of rotatable bonds is 3. The summed E-state index contributed by atoms with van der Waals surface area (Å²) in [5.41, 5.74) is 5.29. The zero-order valence-corrected chi connectivity index (χ0v) is 9.78. The lowest BCUT2D eigenvalue weighted by molar-refractivity contribution is -0.0775. The maximum absolute atomic E-state index is 10.7. The Morgan fingerprint density at radius 3 is 3.00 bits per heavy atom. The van der Waals surface area contributed by atoms with Gasteiger partial charge in [-0.2, -0.15) is 0 Å². The van der Waals surface area contributed by atoms with Gasteiger partial charge < -0.3 is 15.7 Å². The fourth-order valence-corrected chi connectivity index (χ4v) is 3.40. The van der Waals surface area contributed by atoms with Crippen molar-refractivity contribution in [2.24, 2.45) is 11.7 Å². The zero-order valence-electron chi connectivity index (χ0n) is 9.78. The molecule has 0 aromatic rings.